The molecule has 0 aromatic heterocycles. The summed E-state index contributed by atoms with van der Waals surface area (Å²) in [6, 6.07) is 10.7. The summed E-state index contributed by atoms with van der Waals surface area (Å²) in [5, 5.41) is 2.87. The number of benzene rings is 2. The number of ether oxygens (including phenoxy) is 1. The molecule has 9 nitrogen and oxygen atoms in total. The van der Waals surface area contributed by atoms with Crippen molar-refractivity contribution in [3.05, 3.63) is 59.1 Å². The minimum Gasteiger partial charge on any atom is -0.452 e. The van der Waals surface area contributed by atoms with Gasteiger partial charge in [-0.2, -0.15) is 0 Å². The van der Waals surface area contributed by atoms with Crippen LogP contribution >= 0.6 is 11.6 Å². The lowest BCUT2D eigenvalue weighted by molar-refractivity contribution is -0.124. The Kier molecular flexibility index (Phi) is 6.87. The predicted molar refractivity (Wildman–Crippen MR) is 114 cm³/mol. The van der Waals surface area contributed by atoms with E-state index in [0.717, 1.165) is 0 Å². The monoisotopic (exact) mass is 486 g/mol. The van der Waals surface area contributed by atoms with Crippen LogP contribution in [0.15, 0.2) is 53.4 Å². The van der Waals surface area contributed by atoms with Crippen LogP contribution in [0.4, 0.5) is 5.69 Å². The quantitative estimate of drug-likeness (QED) is 0.567. The number of amides is 1. The third-order valence-corrected chi connectivity index (χ3v) is 7.85. The zero-order valence-electron chi connectivity index (χ0n) is 16.1. The van der Waals surface area contributed by atoms with Crippen molar-refractivity contribution in [3.63, 3.8) is 0 Å². The Balaban J connectivity index is 1.64. The van der Waals surface area contributed by atoms with E-state index in [4.69, 9.17) is 16.3 Å². The number of rotatable bonds is 7. The molecule has 2 N–H and O–H groups in total. The Morgan fingerprint density at radius 2 is 1.77 bits per heavy atom. The molecule has 3 rings (SSSR count). The zero-order valence-corrected chi connectivity index (χ0v) is 18.5. The lowest BCUT2D eigenvalue weighted by Crippen LogP contribution is -2.38. The van der Waals surface area contributed by atoms with Crippen molar-refractivity contribution in [1.29, 1.82) is 0 Å². The number of sulfonamides is 1. The molecule has 1 heterocycles. The van der Waals surface area contributed by atoms with Crippen LogP contribution in [0.2, 0.25) is 5.02 Å². The first-order chi connectivity index (χ1) is 14.6. The first-order valence-corrected chi connectivity index (χ1v) is 12.8. The number of anilines is 1. The van der Waals surface area contributed by atoms with Gasteiger partial charge in [0.15, 0.2) is 16.4 Å². The van der Waals surface area contributed by atoms with E-state index in [-0.39, 0.29) is 27.7 Å². The van der Waals surface area contributed by atoms with Gasteiger partial charge in [0.1, 0.15) is 0 Å². The molecule has 2 aromatic rings. The molecule has 0 saturated carbocycles. The largest absolute Gasteiger partial charge is 0.452 e. The van der Waals surface area contributed by atoms with Crippen molar-refractivity contribution in [2.24, 2.45) is 0 Å². The van der Waals surface area contributed by atoms with E-state index in [9.17, 15) is 26.4 Å². The van der Waals surface area contributed by atoms with E-state index in [1.54, 1.807) is 0 Å². The van der Waals surface area contributed by atoms with Gasteiger partial charge in [0.2, 0.25) is 0 Å². The number of carbonyl (C=O) groups excluding carboxylic acids is 2. The molecule has 1 amide bonds. The molecular weight excluding hydrogens is 468 g/mol. The van der Waals surface area contributed by atoms with Crippen molar-refractivity contribution < 1.29 is 31.2 Å². The third-order valence-electron chi connectivity index (χ3n) is 4.45. The van der Waals surface area contributed by atoms with Crippen LogP contribution in [0.1, 0.15) is 16.8 Å². The number of hydrogen-bond acceptors (Lipinski definition) is 7. The molecule has 0 aliphatic carbocycles. The van der Waals surface area contributed by atoms with E-state index in [2.05, 4.69) is 10.0 Å². The van der Waals surface area contributed by atoms with Gasteiger partial charge in [-0.15, -0.1) is 0 Å². The molecule has 1 saturated heterocycles. The average Bonchev–Trinajstić information content (AvgIpc) is 3.04. The topological polar surface area (TPSA) is 136 Å². The average molecular weight is 487 g/mol. The number of esters is 1. The van der Waals surface area contributed by atoms with Crippen molar-refractivity contribution in [3.8, 4) is 0 Å². The fourth-order valence-corrected chi connectivity index (χ4v) is 5.83. The summed E-state index contributed by atoms with van der Waals surface area (Å²) < 4.78 is 55.3. The fourth-order valence-electron chi connectivity index (χ4n) is 2.95. The molecule has 0 radical (unpaired) electrons. The number of hydrogen-bond donors (Lipinski definition) is 2. The lowest BCUT2D eigenvalue weighted by Gasteiger charge is -2.13. The second kappa shape index (κ2) is 9.25. The Bertz CT molecular complexity index is 1200. The molecule has 2 aromatic carbocycles. The Hall–Kier alpha value is -2.63. The molecule has 1 atom stereocenters. The molecule has 12 heteroatoms. The Labute approximate surface area is 184 Å². The molecule has 1 aliphatic heterocycles. The van der Waals surface area contributed by atoms with E-state index < -0.39 is 44.4 Å². The maximum Gasteiger partial charge on any atom is 0.340 e. The van der Waals surface area contributed by atoms with Gasteiger partial charge in [-0.1, -0.05) is 23.7 Å². The first-order valence-electron chi connectivity index (χ1n) is 9.10. The highest BCUT2D eigenvalue weighted by atomic mass is 35.5. The lowest BCUT2D eigenvalue weighted by atomic mass is 10.2. The zero-order chi connectivity index (χ0) is 22.6. The number of para-hydroxylation sites is 1. The molecular formula is C19H19ClN2O7S2. The second-order valence-electron chi connectivity index (χ2n) is 6.85. The van der Waals surface area contributed by atoms with Crippen molar-refractivity contribution >= 4 is 49.0 Å². The van der Waals surface area contributed by atoms with Crippen molar-refractivity contribution in [2.45, 2.75) is 17.4 Å². The van der Waals surface area contributed by atoms with Crippen LogP contribution in [-0.4, -0.2) is 52.9 Å². The number of halogens is 1. The second-order valence-corrected chi connectivity index (χ2v) is 11.2. The van der Waals surface area contributed by atoms with Crippen LogP contribution in [0.5, 0.6) is 0 Å². The Morgan fingerprint density at radius 3 is 2.42 bits per heavy atom. The predicted octanol–water partition coefficient (Wildman–Crippen LogP) is 1.60. The standard InChI is InChI=1S/C19H19ClN2O7S2/c20-13-5-7-15(8-6-13)31(27,28)22-17-4-2-1-3-16(17)19(24)29-11-18(23)21-14-9-10-30(25,26)12-14/h1-8,14,22H,9-12H2,(H,21,23). The van der Waals surface area contributed by atoms with Crippen LogP contribution in [-0.2, 0) is 29.4 Å². The molecule has 0 bridgehead atoms. The van der Waals surface area contributed by atoms with E-state index in [1.807, 2.05) is 0 Å². The smallest absolute Gasteiger partial charge is 0.340 e. The highest BCUT2D eigenvalue weighted by Gasteiger charge is 2.29. The van der Waals surface area contributed by atoms with E-state index in [1.165, 1.54) is 48.5 Å². The summed E-state index contributed by atoms with van der Waals surface area (Å²) in [6.45, 7) is -0.631. The summed E-state index contributed by atoms with van der Waals surface area (Å²) >= 11 is 5.78. The summed E-state index contributed by atoms with van der Waals surface area (Å²) in [5.74, 6) is -1.71. The molecule has 1 fully saturated rings. The summed E-state index contributed by atoms with van der Waals surface area (Å²) in [4.78, 5) is 24.3. The summed E-state index contributed by atoms with van der Waals surface area (Å²) in [6.07, 6.45) is 0.303. The molecule has 1 aliphatic rings. The highest BCUT2D eigenvalue weighted by Crippen LogP contribution is 2.22. The van der Waals surface area contributed by atoms with Crippen molar-refractivity contribution in [2.75, 3.05) is 22.8 Å². The van der Waals surface area contributed by atoms with E-state index >= 15 is 0 Å². The van der Waals surface area contributed by atoms with Crippen LogP contribution in [0.3, 0.4) is 0 Å². The van der Waals surface area contributed by atoms with Gasteiger partial charge in [-0.25, -0.2) is 21.6 Å². The van der Waals surface area contributed by atoms with Crippen LogP contribution in [0.25, 0.3) is 0 Å². The molecule has 166 valence electrons. The van der Waals surface area contributed by atoms with Gasteiger partial charge in [-0.05, 0) is 42.8 Å². The van der Waals surface area contributed by atoms with Gasteiger partial charge in [0.25, 0.3) is 15.9 Å². The summed E-state index contributed by atoms with van der Waals surface area (Å²) in [7, 11) is -7.16. The molecule has 31 heavy (non-hydrogen) atoms. The van der Waals surface area contributed by atoms with Gasteiger partial charge in [0.05, 0.1) is 27.7 Å². The van der Waals surface area contributed by atoms with Crippen LogP contribution < -0.4 is 10.0 Å². The van der Waals surface area contributed by atoms with Gasteiger partial charge in [0, 0.05) is 11.1 Å². The van der Waals surface area contributed by atoms with Gasteiger partial charge in [-0.3, -0.25) is 9.52 Å². The number of carbonyl (C=O) groups is 2. The van der Waals surface area contributed by atoms with Crippen LogP contribution in [0, 0.1) is 0 Å². The Morgan fingerprint density at radius 1 is 1.10 bits per heavy atom. The third kappa shape index (κ3) is 6.18. The van der Waals surface area contributed by atoms with Gasteiger partial charge >= 0.3 is 5.97 Å². The minimum absolute atomic E-state index is 0.00112. The fraction of sp³-hybridized carbons (Fsp3) is 0.263. The highest BCUT2D eigenvalue weighted by molar-refractivity contribution is 7.92. The normalized spacial score (nSPS) is 17.6. The van der Waals surface area contributed by atoms with E-state index in [0.29, 0.717) is 11.4 Å². The maximum atomic E-state index is 12.6. The minimum atomic E-state index is -4.00. The SMILES string of the molecule is O=C(COC(=O)c1ccccc1NS(=O)(=O)c1ccc(Cl)cc1)NC1CCS(=O)(=O)C1. The first kappa shape index (κ1) is 23.0. The van der Waals surface area contributed by atoms with Crippen molar-refractivity contribution in [1.82, 2.24) is 5.32 Å². The molecule has 1 unspecified atom stereocenters. The maximum absolute atomic E-state index is 12.6. The summed E-state index contributed by atoms with van der Waals surface area (Å²) in [5.41, 5.74) is -0.110. The number of nitrogens with one attached hydrogen (secondary N) is 2. The van der Waals surface area contributed by atoms with Gasteiger partial charge < -0.3 is 10.1 Å². The number of sulfone groups is 1. The molecule has 0 spiro atoms.